The molecule has 2 rings (SSSR count). The lowest BCUT2D eigenvalue weighted by atomic mass is 10.1. The third-order valence-electron chi connectivity index (χ3n) is 3.01. The number of rotatable bonds is 0. The molecule has 0 aromatic carbocycles. The minimum atomic E-state index is 0.805. The Bertz CT molecular complexity index is 130. The number of hydrogen-bond acceptors (Lipinski definition) is 0. The predicted molar refractivity (Wildman–Crippen MR) is 43.4 cm³/mol. The first-order chi connectivity index (χ1) is 4.89. The minimum Gasteiger partial charge on any atom is -0.0885 e. The van der Waals surface area contributed by atoms with Crippen LogP contribution < -0.4 is 0 Å². The molecule has 2 aliphatic rings. The van der Waals surface area contributed by atoms with Gasteiger partial charge >= 0.3 is 0 Å². The number of fused-ring (bicyclic) bond motifs is 1. The van der Waals surface area contributed by atoms with Crippen molar-refractivity contribution in [2.75, 3.05) is 0 Å². The lowest BCUT2D eigenvalue weighted by Crippen LogP contribution is -1.85. The Hall–Kier alpha value is -0.260. The summed E-state index contributed by atoms with van der Waals surface area (Å²) in [6.07, 6.45) is 10.1. The zero-order chi connectivity index (χ0) is 6.97. The smallest absolute Gasteiger partial charge is 0.0348 e. The molecule has 1 fully saturated rings. The fraction of sp³-hybridized carbons (Fsp3) is 0.700. The van der Waals surface area contributed by atoms with E-state index < -0.39 is 0 Å². The Balaban J connectivity index is 1.94. The normalized spacial score (nSPS) is 48.7. The molecule has 0 saturated heterocycles. The van der Waals surface area contributed by atoms with Gasteiger partial charge in [-0.25, -0.2) is 0 Å². The summed E-state index contributed by atoms with van der Waals surface area (Å²) in [6.45, 7) is 4.15. The Morgan fingerprint density at radius 2 is 1.50 bits per heavy atom. The van der Waals surface area contributed by atoms with E-state index in [2.05, 4.69) is 19.1 Å². The lowest BCUT2D eigenvalue weighted by Gasteiger charge is -1.99. The molecule has 55 valence electrons. The zero-order valence-corrected chi connectivity index (χ0v) is 6.42. The van der Waals surface area contributed by atoms with E-state index in [1.54, 1.807) is 0 Å². The van der Waals surface area contributed by atoms with E-state index in [1.807, 2.05) is 0 Å². The van der Waals surface area contributed by atoms with E-state index in [-0.39, 0.29) is 0 Å². The molecule has 10 heavy (non-hydrogen) atoms. The van der Waals surface area contributed by atoms with Gasteiger partial charge in [0.15, 0.2) is 0 Å². The van der Waals surface area contributed by atoms with Crippen molar-refractivity contribution in [1.82, 2.24) is 0 Å². The number of allylic oxidation sites excluding steroid dienone is 2. The molecule has 2 aliphatic carbocycles. The lowest BCUT2D eigenvalue weighted by molar-refractivity contribution is 0.605. The van der Waals surface area contributed by atoms with Crippen molar-refractivity contribution in [3.8, 4) is 0 Å². The highest BCUT2D eigenvalue weighted by molar-refractivity contribution is 5.02. The van der Waals surface area contributed by atoms with Crippen LogP contribution in [0.3, 0.4) is 0 Å². The van der Waals surface area contributed by atoms with Crippen molar-refractivity contribution in [2.24, 2.45) is 17.8 Å². The molecule has 0 heteroatoms. The Labute approximate surface area is 63.3 Å². The molecule has 0 amide bonds. The van der Waals surface area contributed by atoms with Gasteiger partial charge in [-0.1, -0.05) is 12.2 Å². The first kappa shape index (κ1) is 6.45. The van der Waals surface area contributed by atoms with Crippen LogP contribution in [0.4, 0.5) is 0 Å². The maximum Gasteiger partial charge on any atom is -0.0348 e. The monoisotopic (exact) mass is 135 g/mol. The molecule has 0 aliphatic heterocycles. The fourth-order valence-electron chi connectivity index (χ4n) is 2.19. The van der Waals surface area contributed by atoms with Crippen molar-refractivity contribution in [3.63, 3.8) is 0 Å². The zero-order valence-electron chi connectivity index (χ0n) is 6.42. The molecule has 0 aromatic rings. The first-order valence-electron chi connectivity index (χ1n) is 4.37. The van der Waals surface area contributed by atoms with Crippen LogP contribution in [0.5, 0.6) is 0 Å². The van der Waals surface area contributed by atoms with E-state index in [0.717, 1.165) is 17.8 Å². The van der Waals surface area contributed by atoms with Crippen LogP contribution in [0.1, 0.15) is 25.7 Å². The second-order valence-corrected chi connectivity index (χ2v) is 3.62. The highest BCUT2D eigenvalue weighted by Gasteiger charge is 2.44. The molecule has 0 spiro atoms. The van der Waals surface area contributed by atoms with Gasteiger partial charge in [0.2, 0.25) is 0 Å². The summed E-state index contributed by atoms with van der Waals surface area (Å²) in [5.41, 5.74) is 0. The molecule has 0 N–H and O–H groups in total. The van der Waals surface area contributed by atoms with Gasteiger partial charge in [-0.05, 0) is 50.4 Å². The summed E-state index contributed by atoms with van der Waals surface area (Å²) >= 11 is 0. The molecular weight excluding hydrogens is 120 g/mol. The van der Waals surface area contributed by atoms with Gasteiger partial charge in [0.1, 0.15) is 0 Å². The Morgan fingerprint density at radius 3 is 2.00 bits per heavy atom. The molecule has 1 saturated carbocycles. The van der Waals surface area contributed by atoms with E-state index in [9.17, 15) is 0 Å². The third kappa shape index (κ3) is 1.00. The maximum atomic E-state index is 4.15. The van der Waals surface area contributed by atoms with E-state index >= 15 is 0 Å². The average Bonchev–Trinajstić information content (AvgIpc) is 2.39. The summed E-state index contributed by atoms with van der Waals surface area (Å²) in [7, 11) is 0. The largest absolute Gasteiger partial charge is 0.0885 e. The minimum absolute atomic E-state index is 0.805. The van der Waals surface area contributed by atoms with Crippen LogP contribution in [-0.4, -0.2) is 0 Å². The van der Waals surface area contributed by atoms with Crippen molar-refractivity contribution in [3.05, 3.63) is 19.1 Å². The van der Waals surface area contributed by atoms with E-state index in [0.29, 0.717) is 0 Å². The first-order valence-corrected chi connectivity index (χ1v) is 4.37. The number of hydrogen-bond donors (Lipinski definition) is 0. The molecular formula is C10H15. The van der Waals surface area contributed by atoms with Crippen molar-refractivity contribution >= 4 is 0 Å². The third-order valence-corrected chi connectivity index (χ3v) is 3.01. The van der Waals surface area contributed by atoms with Crippen LogP contribution in [0.2, 0.25) is 0 Å². The summed E-state index contributed by atoms with van der Waals surface area (Å²) in [5.74, 6) is 2.79. The van der Waals surface area contributed by atoms with Gasteiger partial charge in [-0.15, -0.1) is 0 Å². The van der Waals surface area contributed by atoms with Crippen LogP contribution in [0.25, 0.3) is 0 Å². The van der Waals surface area contributed by atoms with Gasteiger partial charge in [-0.2, -0.15) is 0 Å². The molecule has 0 aromatic heterocycles. The highest BCUT2D eigenvalue weighted by atomic mass is 14.5. The van der Waals surface area contributed by atoms with Crippen LogP contribution in [0.15, 0.2) is 12.2 Å². The van der Waals surface area contributed by atoms with E-state index in [1.165, 1.54) is 25.7 Å². The van der Waals surface area contributed by atoms with Crippen molar-refractivity contribution in [2.45, 2.75) is 25.7 Å². The average molecular weight is 135 g/mol. The quantitative estimate of drug-likeness (QED) is 0.448. The molecule has 1 radical (unpaired) electrons. The topological polar surface area (TPSA) is 0 Å². The van der Waals surface area contributed by atoms with Gasteiger partial charge in [0.25, 0.3) is 0 Å². The standard InChI is InChI=1S/C10H15/c1-8-9-6-4-2-3-5-7-10(8)9/h2-3,8-10H,1,4-7H2/b3-2+. The molecule has 2 unspecified atom stereocenters. The summed E-state index contributed by atoms with van der Waals surface area (Å²) in [5, 5.41) is 0. The molecule has 2 atom stereocenters. The second-order valence-electron chi connectivity index (χ2n) is 3.62. The Kier molecular flexibility index (Phi) is 1.55. The fourth-order valence-corrected chi connectivity index (χ4v) is 2.19. The van der Waals surface area contributed by atoms with Gasteiger partial charge in [-0.3, -0.25) is 0 Å². The molecule has 0 bridgehead atoms. The Morgan fingerprint density at radius 1 is 1.00 bits per heavy atom. The SMILES string of the molecule is [CH2]C1C2CC/C=C/CCC12. The molecule has 0 nitrogen and oxygen atoms in total. The summed E-state index contributed by atoms with van der Waals surface area (Å²) in [4.78, 5) is 0. The van der Waals surface area contributed by atoms with Crippen LogP contribution in [-0.2, 0) is 0 Å². The summed E-state index contributed by atoms with van der Waals surface area (Å²) in [6, 6.07) is 0. The van der Waals surface area contributed by atoms with Crippen LogP contribution in [0, 0.1) is 24.7 Å². The van der Waals surface area contributed by atoms with Crippen LogP contribution >= 0.6 is 0 Å². The molecule has 0 heterocycles. The van der Waals surface area contributed by atoms with E-state index in [4.69, 9.17) is 0 Å². The second kappa shape index (κ2) is 2.41. The van der Waals surface area contributed by atoms with Gasteiger partial charge in [0.05, 0.1) is 0 Å². The van der Waals surface area contributed by atoms with Gasteiger partial charge < -0.3 is 0 Å². The maximum absolute atomic E-state index is 4.15. The highest BCUT2D eigenvalue weighted by Crippen LogP contribution is 2.51. The predicted octanol–water partition coefficient (Wildman–Crippen LogP) is 2.81. The van der Waals surface area contributed by atoms with Crippen molar-refractivity contribution in [1.29, 1.82) is 0 Å². The van der Waals surface area contributed by atoms with Gasteiger partial charge in [0, 0.05) is 0 Å². The van der Waals surface area contributed by atoms with Crippen molar-refractivity contribution < 1.29 is 0 Å². The summed E-state index contributed by atoms with van der Waals surface area (Å²) < 4.78 is 0.